The van der Waals surface area contributed by atoms with Crippen LogP contribution in [0, 0.1) is 5.92 Å². The van der Waals surface area contributed by atoms with Gasteiger partial charge in [-0.05, 0) is 69.3 Å². The molecule has 7 heteroatoms. The number of carbonyl (C=O) groups excluding carboxylic acids is 3. The highest BCUT2D eigenvalue weighted by molar-refractivity contribution is 6.22. The lowest BCUT2D eigenvalue weighted by atomic mass is 9.94. The van der Waals surface area contributed by atoms with Gasteiger partial charge in [0.1, 0.15) is 0 Å². The summed E-state index contributed by atoms with van der Waals surface area (Å²) in [5, 5.41) is 6.35. The Morgan fingerprint density at radius 1 is 1.03 bits per heavy atom. The minimum Gasteiger partial charge on any atom is -0.352 e. The normalized spacial score (nSPS) is 22.2. The van der Waals surface area contributed by atoms with Crippen molar-refractivity contribution < 1.29 is 14.4 Å². The molecule has 1 saturated heterocycles. The Bertz CT molecular complexity index is 771. The number of nitrogens with one attached hydrogen (secondary N) is 2. The van der Waals surface area contributed by atoms with Crippen LogP contribution in [-0.2, 0) is 0 Å². The molecule has 0 aromatic heterocycles. The van der Waals surface area contributed by atoms with Crippen molar-refractivity contribution in [2.45, 2.75) is 57.4 Å². The molecule has 4 rings (SSSR count). The summed E-state index contributed by atoms with van der Waals surface area (Å²) in [6, 6.07) is 4.89. The van der Waals surface area contributed by atoms with Crippen molar-refractivity contribution in [3.63, 3.8) is 0 Å². The lowest BCUT2D eigenvalue weighted by Crippen LogP contribution is -2.40. The molecule has 158 valence electrons. The topological polar surface area (TPSA) is 78.5 Å². The summed E-state index contributed by atoms with van der Waals surface area (Å²) in [6.07, 6.45) is 8.40. The highest BCUT2D eigenvalue weighted by Crippen LogP contribution is 2.31. The van der Waals surface area contributed by atoms with E-state index in [1.165, 1.54) is 24.2 Å². The van der Waals surface area contributed by atoms with Crippen molar-refractivity contribution in [2.75, 3.05) is 19.6 Å². The highest BCUT2D eigenvalue weighted by Gasteiger charge is 2.40. The van der Waals surface area contributed by atoms with Crippen molar-refractivity contribution >= 4 is 30.1 Å². The fraction of sp³-hybridized carbons (Fsp3) is 0.591. The molecule has 1 unspecified atom stereocenters. The van der Waals surface area contributed by atoms with Gasteiger partial charge in [-0.25, -0.2) is 0 Å². The maximum Gasteiger partial charge on any atom is 0.261 e. The summed E-state index contributed by atoms with van der Waals surface area (Å²) in [6.45, 7) is 2.73. The number of hydrogen-bond donors (Lipinski definition) is 2. The standard InChI is InChI=1S/C22H29N3O3.ClH/c26-20(24-12-10-15-5-4-11-23-14-15)16-8-9-18-19(13-16)22(28)25(21(18)27)17-6-2-1-3-7-17;/h8-9,13,15,17,23H,1-7,10-12,14H2,(H,24,26);1H. The number of nitrogens with zero attached hydrogens (tertiary/aromatic N) is 1. The van der Waals surface area contributed by atoms with Crippen molar-refractivity contribution in [2.24, 2.45) is 5.92 Å². The Balaban J connectivity index is 0.00000240. The van der Waals surface area contributed by atoms with Crippen LogP contribution in [-0.4, -0.2) is 48.3 Å². The van der Waals surface area contributed by atoms with Crippen molar-refractivity contribution in [1.82, 2.24) is 15.5 Å². The molecule has 1 aromatic rings. The Morgan fingerprint density at radius 2 is 1.79 bits per heavy atom. The first kappa shape index (κ1) is 21.8. The average Bonchev–Trinajstić information content (AvgIpc) is 2.99. The molecule has 1 saturated carbocycles. The second-order valence-electron chi connectivity index (χ2n) is 8.29. The molecular weight excluding hydrogens is 390 g/mol. The van der Waals surface area contributed by atoms with Crippen LogP contribution in [0.2, 0.25) is 0 Å². The first-order valence-corrected chi connectivity index (χ1v) is 10.7. The molecule has 0 spiro atoms. The molecule has 3 aliphatic rings. The number of imide groups is 1. The van der Waals surface area contributed by atoms with Crippen LogP contribution >= 0.6 is 12.4 Å². The minimum absolute atomic E-state index is 0. The average molecular weight is 420 g/mol. The number of hydrogen-bond acceptors (Lipinski definition) is 4. The number of benzene rings is 1. The maximum atomic E-state index is 12.9. The van der Waals surface area contributed by atoms with Crippen LogP contribution in [0.25, 0.3) is 0 Å². The second-order valence-corrected chi connectivity index (χ2v) is 8.29. The van der Waals surface area contributed by atoms with Gasteiger partial charge in [0.2, 0.25) is 0 Å². The Kier molecular flexibility index (Phi) is 7.30. The summed E-state index contributed by atoms with van der Waals surface area (Å²) in [5.41, 5.74) is 1.26. The van der Waals surface area contributed by atoms with E-state index in [1.54, 1.807) is 18.2 Å². The number of piperidine rings is 1. The molecule has 0 radical (unpaired) electrons. The number of halogens is 1. The van der Waals surface area contributed by atoms with E-state index in [9.17, 15) is 14.4 Å². The minimum atomic E-state index is -0.241. The van der Waals surface area contributed by atoms with Gasteiger partial charge in [0, 0.05) is 18.2 Å². The van der Waals surface area contributed by atoms with E-state index in [1.807, 2.05) is 0 Å². The largest absolute Gasteiger partial charge is 0.352 e. The van der Waals surface area contributed by atoms with Crippen molar-refractivity contribution in [3.05, 3.63) is 34.9 Å². The predicted octanol–water partition coefficient (Wildman–Crippen LogP) is 3.16. The third kappa shape index (κ3) is 4.64. The molecule has 2 heterocycles. The van der Waals surface area contributed by atoms with E-state index in [-0.39, 0.29) is 36.2 Å². The van der Waals surface area contributed by atoms with Gasteiger partial charge in [0.15, 0.2) is 0 Å². The fourth-order valence-corrected chi connectivity index (χ4v) is 4.73. The molecule has 2 aliphatic heterocycles. The van der Waals surface area contributed by atoms with Crippen LogP contribution in [0.15, 0.2) is 18.2 Å². The van der Waals surface area contributed by atoms with Crippen LogP contribution in [0.5, 0.6) is 0 Å². The smallest absolute Gasteiger partial charge is 0.261 e. The molecule has 2 N–H and O–H groups in total. The summed E-state index contributed by atoms with van der Waals surface area (Å²) in [4.78, 5) is 39.6. The number of rotatable bonds is 5. The number of carbonyl (C=O) groups is 3. The van der Waals surface area contributed by atoms with E-state index in [0.717, 1.165) is 45.2 Å². The zero-order valence-electron chi connectivity index (χ0n) is 16.7. The number of amides is 3. The first-order chi connectivity index (χ1) is 13.6. The van der Waals surface area contributed by atoms with E-state index in [0.29, 0.717) is 29.2 Å². The first-order valence-electron chi connectivity index (χ1n) is 10.7. The van der Waals surface area contributed by atoms with E-state index in [2.05, 4.69) is 10.6 Å². The van der Waals surface area contributed by atoms with Crippen LogP contribution < -0.4 is 10.6 Å². The lowest BCUT2D eigenvalue weighted by molar-refractivity contribution is 0.0549. The number of fused-ring (bicyclic) bond motifs is 1. The quantitative estimate of drug-likeness (QED) is 0.718. The summed E-state index contributed by atoms with van der Waals surface area (Å²) in [5.74, 6) is -0.0151. The Morgan fingerprint density at radius 3 is 2.52 bits per heavy atom. The molecule has 1 aromatic carbocycles. The van der Waals surface area contributed by atoms with Gasteiger partial charge in [0.25, 0.3) is 17.7 Å². The zero-order valence-corrected chi connectivity index (χ0v) is 17.6. The molecular formula is C22H30ClN3O3. The van der Waals surface area contributed by atoms with E-state index >= 15 is 0 Å². The van der Waals surface area contributed by atoms with Gasteiger partial charge >= 0.3 is 0 Å². The van der Waals surface area contributed by atoms with Crippen LogP contribution in [0.3, 0.4) is 0 Å². The fourth-order valence-electron chi connectivity index (χ4n) is 4.73. The molecule has 2 fully saturated rings. The molecule has 1 aliphatic carbocycles. The lowest BCUT2D eigenvalue weighted by Gasteiger charge is -2.29. The molecule has 6 nitrogen and oxygen atoms in total. The predicted molar refractivity (Wildman–Crippen MR) is 114 cm³/mol. The van der Waals surface area contributed by atoms with Gasteiger partial charge < -0.3 is 10.6 Å². The van der Waals surface area contributed by atoms with Gasteiger partial charge in [-0.3, -0.25) is 19.3 Å². The summed E-state index contributed by atoms with van der Waals surface area (Å²) < 4.78 is 0. The van der Waals surface area contributed by atoms with Crippen LogP contribution in [0.4, 0.5) is 0 Å². The second kappa shape index (κ2) is 9.72. The SMILES string of the molecule is Cl.O=C(NCCC1CCCNC1)c1ccc2c(c1)C(=O)N(C1CCCCC1)C2=O. The molecule has 29 heavy (non-hydrogen) atoms. The summed E-state index contributed by atoms with van der Waals surface area (Å²) >= 11 is 0. The van der Waals surface area contributed by atoms with E-state index < -0.39 is 0 Å². The third-order valence-corrected chi connectivity index (χ3v) is 6.36. The van der Waals surface area contributed by atoms with Gasteiger partial charge in [-0.2, -0.15) is 0 Å². The molecule has 0 bridgehead atoms. The Hall–Kier alpha value is -1.92. The van der Waals surface area contributed by atoms with Gasteiger partial charge in [-0.15, -0.1) is 12.4 Å². The molecule has 3 amide bonds. The van der Waals surface area contributed by atoms with Crippen molar-refractivity contribution in [1.29, 1.82) is 0 Å². The maximum absolute atomic E-state index is 12.9. The van der Waals surface area contributed by atoms with E-state index in [4.69, 9.17) is 0 Å². The molecule has 1 atom stereocenters. The zero-order chi connectivity index (χ0) is 19.5. The Labute approximate surface area is 178 Å². The summed E-state index contributed by atoms with van der Waals surface area (Å²) in [7, 11) is 0. The van der Waals surface area contributed by atoms with Gasteiger partial charge in [0.05, 0.1) is 11.1 Å². The third-order valence-electron chi connectivity index (χ3n) is 6.36. The van der Waals surface area contributed by atoms with Gasteiger partial charge in [-0.1, -0.05) is 19.3 Å². The van der Waals surface area contributed by atoms with Crippen LogP contribution in [0.1, 0.15) is 82.4 Å². The monoisotopic (exact) mass is 419 g/mol. The van der Waals surface area contributed by atoms with Crippen molar-refractivity contribution in [3.8, 4) is 0 Å². The highest BCUT2D eigenvalue weighted by atomic mass is 35.5.